The first kappa shape index (κ1) is 16.0. The van der Waals surface area contributed by atoms with E-state index in [9.17, 15) is 4.39 Å². The van der Waals surface area contributed by atoms with E-state index in [-0.39, 0.29) is 17.5 Å². The van der Waals surface area contributed by atoms with Crippen molar-refractivity contribution in [2.45, 2.75) is 45.3 Å². The van der Waals surface area contributed by atoms with Crippen molar-refractivity contribution >= 4 is 11.0 Å². The summed E-state index contributed by atoms with van der Waals surface area (Å²) in [6, 6.07) is 6.41. The summed E-state index contributed by atoms with van der Waals surface area (Å²) in [6.07, 6.45) is 1.74. The molecule has 1 heterocycles. The Morgan fingerprint density at radius 1 is 1.24 bits per heavy atom. The zero-order chi connectivity index (χ0) is 15.5. The lowest BCUT2D eigenvalue weighted by molar-refractivity contribution is -0.0757. The molecule has 2 rings (SSSR count). The molecule has 0 spiro atoms. The van der Waals surface area contributed by atoms with E-state index in [1.165, 1.54) is 12.1 Å². The first-order valence-electron chi connectivity index (χ1n) is 7.60. The Kier molecular flexibility index (Phi) is 5.01. The monoisotopic (exact) mass is 293 g/mol. The van der Waals surface area contributed by atoms with Gasteiger partial charge in [0.1, 0.15) is 17.2 Å². The molecule has 1 unspecified atom stereocenters. The van der Waals surface area contributed by atoms with E-state index in [1.54, 1.807) is 6.07 Å². The van der Waals surface area contributed by atoms with Crippen LogP contribution in [0.4, 0.5) is 4.39 Å². The highest BCUT2D eigenvalue weighted by atomic mass is 19.1. The van der Waals surface area contributed by atoms with Gasteiger partial charge in [0.2, 0.25) is 0 Å². The quantitative estimate of drug-likeness (QED) is 0.820. The van der Waals surface area contributed by atoms with Crippen molar-refractivity contribution in [3.05, 3.63) is 35.8 Å². The minimum atomic E-state index is -0.323. The molecule has 0 saturated heterocycles. The number of benzene rings is 1. The Morgan fingerprint density at radius 2 is 1.95 bits per heavy atom. The molecule has 4 heteroatoms. The van der Waals surface area contributed by atoms with Crippen LogP contribution in [0.2, 0.25) is 0 Å². The van der Waals surface area contributed by atoms with E-state index >= 15 is 0 Å². The molecule has 0 bridgehead atoms. The summed E-state index contributed by atoms with van der Waals surface area (Å²) in [5.74, 6) is 0.535. The fourth-order valence-corrected chi connectivity index (χ4v) is 3.07. The molecule has 0 amide bonds. The van der Waals surface area contributed by atoms with Crippen molar-refractivity contribution in [3.63, 3.8) is 0 Å². The van der Waals surface area contributed by atoms with Crippen LogP contribution in [-0.2, 0) is 4.74 Å². The van der Waals surface area contributed by atoms with Crippen LogP contribution in [0.1, 0.15) is 45.4 Å². The topological polar surface area (TPSA) is 34.4 Å². The SMILES string of the molecule is CCOC(CC)(CC)C(NC)c1cc2cc(F)ccc2o1. The van der Waals surface area contributed by atoms with E-state index < -0.39 is 0 Å². The molecule has 2 aromatic rings. The number of likely N-dealkylation sites (N-methyl/N-ethyl adjacent to an activating group) is 1. The fourth-order valence-electron chi connectivity index (χ4n) is 3.07. The van der Waals surface area contributed by atoms with Gasteiger partial charge in [-0.3, -0.25) is 0 Å². The number of nitrogens with one attached hydrogen (secondary N) is 1. The third-order valence-corrected chi connectivity index (χ3v) is 4.23. The second-order valence-electron chi connectivity index (χ2n) is 5.26. The molecule has 0 aliphatic heterocycles. The normalized spacial score (nSPS) is 13.8. The van der Waals surface area contributed by atoms with Gasteiger partial charge in [-0.1, -0.05) is 13.8 Å². The van der Waals surface area contributed by atoms with Crippen molar-refractivity contribution in [1.82, 2.24) is 5.32 Å². The van der Waals surface area contributed by atoms with Gasteiger partial charge in [0, 0.05) is 12.0 Å². The first-order valence-corrected chi connectivity index (χ1v) is 7.60. The molecule has 1 aromatic heterocycles. The van der Waals surface area contributed by atoms with Gasteiger partial charge < -0.3 is 14.5 Å². The van der Waals surface area contributed by atoms with Gasteiger partial charge in [-0.2, -0.15) is 0 Å². The molecule has 1 N–H and O–H groups in total. The van der Waals surface area contributed by atoms with E-state index in [0.717, 1.165) is 24.0 Å². The van der Waals surface area contributed by atoms with Crippen molar-refractivity contribution in [3.8, 4) is 0 Å². The maximum Gasteiger partial charge on any atom is 0.134 e. The van der Waals surface area contributed by atoms with Crippen LogP contribution in [0.3, 0.4) is 0 Å². The van der Waals surface area contributed by atoms with Gasteiger partial charge in [0.25, 0.3) is 0 Å². The van der Waals surface area contributed by atoms with Gasteiger partial charge in [-0.05, 0) is 51.1 Å². The highest BCUT2D eigenvalue weighted by Crippen LogP contribution is 2.37. The minimum Gasteiger partial charge on any atom is -0.459 e. The van der Waals surface area contributed by atoms with Gasteiger partial charge in [0.15, 0.2) is 0 Å². The summed E-state index contributed by atoms with van der Waals surface area (Å²) in [4.78, 5) is 0. The standard InChI is InChI=1S/C17H24FNO2/c1-5-17(6-2,20-7-3)16(19-4)15-11-12-10-13(18)8-9-14(12)21-15/h8-11,16,19H,5-7H2,1-4H3. The van der Waals surface area contributed by atoms with Gasteiger partial charge in [0.05, 0.1) is 11.6 Å². The van der Waals surface area contributed by atoms with Crippen LogP contribution in [-0.4, -0.2) is 19.3 Å². The van der Waals surface area contributed by atoms with E-state index in [4.69, 9.17) is 9.15 Å². The van der Waals surface area contributed by atoms with Crippen molar-refractivity contribution < 1.29 is 13.5 Å². The molecular formula is C17H24FNO2. The Labute approximate surface area is 125 Å². The third-order valence-electron chi connectivity index (χ3n) is 4.23. The maximum absolute atomic E-state index is 13.3. The van der Waals surface area contributed by atoms with Gasteiger partial charge >= 0.3 is 0 Å². The number of furan rings is 1. The average Bonchev–Trinajstić information content (AvgIpc) is 2.89. The first-order chi connectivity index (χ1) is 10.1. The molecule has 0 aliphatic carbocycles. The lowest BCUT2D eigenvalue weighted by atomic mass is 9.86. The van der Waals surface area contributed by atoms with Crippen molar-refractivity contribution in [2.75, 3.05) is 13.7 Å². The van der Waals surface area contributed by atoms with Crippen LogP contribution in [0.15, 0.2) is 28.7 Å². The number of hydrogen-bond donors (Lipinski definition) is 1. The zero-order valence-electron chi connectivity index (χ0n) is 13.2. The molecule has 3 nitrogen and oxygen atoms in total. The summed E-state index contributed by atoms with van der Waals surface area (Å²) >= 11 is 0. The fraction of sp³-hybridized carbons (Fsp3) is 0.529. The lowest BCUT2D eigenvalue weighted by Crippen LogP contribution is -2.44. The largest absolute Gasteiger partial charge is 0.459 e. The molecule has 0 fully saturated rings. The summed E-state index contributed by atoms with van der Waals surface area (Å²) < 4.78 is 25.3. The van der Waals surface area contributed by atoms with Gasteiger partial charge in [-0.25, -0.2) is 4.39 Å². The number of rotatable bonds is 7. The number of halogens is 1. The Hall–Kier alpha value is -1.39. The Bertz CT molecular complexity index is 589. The second-order valence-corrected chi connectivity index (χ2v) is 5.26. The molecule has 0 saturated carbocycles. The molecule has 1 aromatic carbocycles. The van der Waals surface area contributed by atoms with E-state index in [0.29, 0.717) is 12.2 Å². The van der Waals surface area contributed by atoms with Crippen LogP contribution >= 0.6 is 0 Å². The van der Waals surface area contributed by atoms with Crippen LogP contribution in [0.5, 0.6) is 0 Å². The summed E-state index contributed by atoms with van der Waals surface area (Å²) in [7, 11) is 1.90. The second kappa shape index (κ2) is 6.58. The maximum atomic E-state index is 13.3. The highest BCUT2D eigenvalue weighted by molar-refractivity contribution is 5.78. The van der Waals surface area contributed by atoms with E-state index in [2.05, 4.69) is 19.2 Å². The number of hydrogen-bond acceptors (Lipinski definition) is 3. The molecule has 0 aliphatic rings. The third kappa shape index (κ3) is 2.97. The molecule has 116 valence electrons. The van der Waals surface area contributed by atoms with Crippen LogP contribution in [0.25, 0.3) is 11.0 Å². The molecule has 1 atom stereocenters. The number of ether oxygens (including phenoxy) is 1. The summed E-state index contributed by atoms with van der Waals surface area (Å²) in [6.45, 7) is 6.88. The molecule has 0 radical (unpaired) electrons. The lowest BCUT2D eigenvalue weighted by Gasteiger charge is -2.38. The van der Waals surface area contributed by atoms with Crippen LogP contribution in [0, 0.1) is 5.82 Å². The Balaban J connectivity index is 2.46. The zero-order valence-corrected chi connectivity index (χ0v) is 13.2. The minimum absolute atomic E-state index is 0.0667. The van der Waals surface area contributed by atoms with E-state index in [1.807, 2.05) is 20.0 Å². The average molecular weight is 293 g/mol. The highest BCUT2D eigenvalue weighted by Gasteiger charge is 2.38. The number of fused-ring (bicyclic) bond motifs is 1. The van der Waals surface area contributed by atoms with Crippen LogP contribution < -0.4 is 5.32 Å². The van der Waals surface area contributed by atoms with Crippen molar-refractivity contribution in [1.29, 1.82) is 0 Å². The van der Waals surface area contributed by atoms with Crippen molar-refractivity contribution in [2.24, 2.45) is 0 Å². The summed E-state index contributed by atoms with van der Waals surface area (Å²) in [5.41, 5.74) is 0.375. The molecular weight excluding hydrogens is 269 g/mol. The summed E-state index contributed by atoms with van der Waals surface area (Å²) in [5, 5.41) is 4.09. The predicted octanol–water partition coefficient (Wildman–Crippen LogP) is 4.43. The Morgan fingerprint density at radius 3 is 2.52 bits per heavy atom. The predicted molar refractivity (Wildman–Crippen MR) is 82.9 cm³/mol. The smallest absolute Gasteiger partial charge is 0.134 e. The van der Waals surface area contributed by atoms with Gasteiger partial charge in [-0.15, -0.1) is 0 Å². The molecule has 21 heavy (non-hydrogen) atoms.